The molecule has 2 aromatic rings. The molecule has 5 heteroatoms. The lowest BCUT2D eigenvalue weighted by atomic mass is 10.1. The standard InChI is InChI=1S/C13H17N3O2/c1-15-7-3-2-4-12(15)16-11-6-5-9(17)8-10(11)14-13(16)18/h5-6,8,12,17H,2-4,7H2,1H3,(H,14,18). The maximum absolute atomic E-state index is 12.1. The fourth-order valence-electron chi connectivity index (χ4n) is 2.80. The Morgan fingerprint density at radius 3 is 3.00 bits per heavy atom. The number of nitrogens with one attached hydrogen (secondary N) is 1. The average molecular weight is 247 g/mol. The second kappa shape index (κ2) is 4.17. The number of fused-ring (bicyclic) bond motifs is 1. The van der Waals surface area contributed by atoms with Crippen molar-refractivity contribution < 1.29 is 5.11 Å². The third kappa shape index (κ3) is 1.71. The summed E-state index contributed by atoms with van der Waals surface area (Å²) in [7, 11) is 2.05. The second-order valence-corrected chi connectivity index (χ2v) is 4.96. The lowest BCUT2D eigenvalue weighted by Crippen LogP contribution is -2.37. The van der Waals surface area contributed by atoms with Gasteiger partial charge in [0.2, 0.25) is 0 Å². The van der Waals surface area contributed by atoms with Gasteiger partial charge in [0.25, 0.3) is 0 Å². The van der Waals surface area contributed by atoms with Gasteiger partial charge in [0.1, 0.15) is 5.75 Å². The Kier molecular flexibility index (Phi) is 2.63. The van der Waals surface area contributed by atoms with Crippen molar-refractivity contribution in [2.45, 2.75) is 25.4 Å². The molecule has 1 fully saturated rings. The van der Waals surface area contributed by atoms with Gasteiger partial charge in [0.15, 0.2) is 0 Å². The van der Waals surface area contributed by atoms with E-state index in [1.54, 1.807) is 22.8 Å². The Morgan fingerprint density at radius 2 is 2.22 bits per heavy atom. The van der Waals surface area contributed by atoms with E-state index < -0.39 is 0 Å². The molecule has 0 saturated carbocycles. The number of phenolic OH excluding ortho intramolecular Hbond substituents is 1. The zero-order chi connectivity index (χ0) is 12.7. The fourth-order valence-corrected chi connectivity index (χ4v) is 2.80. The molecule has 0 spiro atoms. The molecule has 1 atom stereocenters. The number of hydrogen-bond donors (Lipinski definition) is 2. The third-order valence-corrected chi connectivity index (χ3v) is 3.73. The molecule has 0 amide bonds. The fraction of sp³-hybridized carbons (Fsp3) is 0.462. The summed E-state index contributed by atoms with van der Waals surface area (Å²) in [5.74, 6) is 0.174. The number of aromatic amines is 1. The monoisotopic (exact) mass is 247 g/mol. The quantitative estimate of drug-likeness (QED) is 0.805. The summed E-state index contributed by atoms with van der Waals surface area (Å²) < 4.78 is 1.80. The van der Waals surface area contributed by atoms with Crippen LogP contribution in [0, 0.1) is 0 Å². The zero-order valence-corrected chi connectivity index (χ0v) is 10.4. The molecule has 5 nitrogen and oxygen atoms in total. The van der Waals surface area contributed by atoms with Crippen molar-refractivity contribution in [1.29, 1.82) is 0 Å². The van der Waals surface area contributed by atoms with Gasteiger partial charge in [-0.2, -0.15) is 0 Å². The number of imidazole rings is 1. The van der Waals surface area contributed by atoms with Crippen LogP contribution in [0.3, 0.4) is 0 Å². The van der Waals surface area contributed by atoms with Crippen LogP contribution < -0.4 is 5.69 Å². The molecule has 1 aromatic heterocycles. The Hall–Kier alpha value is -1.75. The van der Waals surface area contributed by atoms with Crippen molar-refractivity contribution >= 4 is 11.0 Å². The van der Waals surface area contributed by atoms with Crippen molar-refractivity contribution in [3.05, 3.63) is 28.7 Å². The van der Waals surface area contributed by atoms with Gasteiger partial charge >= 0.3 is 5.69 Å². The van der Waals surface area contributed by atoms with Crippen LogP contribution in [0.1, 0.15) is 25.4 Å². The van der Waals surface area contributed by atoms with E-state index in [1.807, 2.05) is 0 Å². The smallest absolute Gasteiger partial charge is 0.327 e. The van der Waals surface area contributed by atoms with Crippen LogP contribution in [0.15, 0.2) is 23.0 Å². The summed E-state index contributed by atoms with van der Waals surface area (Å²) >= 11 is 0. The number of phenols is 1. The van der Waals surface area contributed by atoms with Gasteiger partial charge in [0.05, 0.1) is 17.2 Å². The van der Waals surface area contributed by atoms with Gasteiger partial charge in [-0.25, -0.2) is 4.79 Å². The van der Waals surface area contributed by atoms with Crippen LogP contribution in [0.2, 0.25) is 0 Å². The van der Waals surface area contributed by atoms with Crippen LogP contribution >= 0.6 is 0 Å². The maximum Gasteiger partial charge on any atom is 0.327 e. The SMILES string of the molecule is CN1CCCCC1n1c(=O)[nH]c2cc(O)ccc21. The van der Waals surface area contributed by atoms with E-state index in [1.165, 1.54) is 6.42 Å². The minimum atomic E-state index is -0.102. The molecule has 0 radical (unpaired) electrons. The van der Waals surface area contributed by atoms with Gasteiger partial charge in [-0.3, -0.25) is 9.47 Å². The van der Waals surface area contributed by atoms with E-state index in [4.69, 9.17) is 0 Å². The highest BCUT2D eigenvalue weighted by Gasteiger charge is 2.23. The number of rotatable bonds is 1. The molecule has 1 aliphatic heterocycles. The van der Waals surface area contributed by atoms with E-state index in [0.717, 1.165) is 24.9 Å². The van der Waals surface area contributed by atoms with Crippen molar-refractivity contribution in [3.63, 3.8) is 0 Å². The van der Waals surface area contributed by atoms with E-state index in [2.05, 4.69) is 16.9 Å². The summed E-state index contributed by atoms with van der Waals surface area (Å²) in [5.41, 5.74) is 1.45. The van der Waals surface area contributed by atoms with Crippen molar-refractivity contribution in [3.8, 4) is 5.75 Å². The first kappa shape index (κ1) is 11.3. The highest BCUT2D eigenvalue weighted by atomic mass is 16.3. The molecule has 96 valence electrons. The van der Waals surface area contributed by atoms with Gasteiger partial charge < -0.3 is 10.1 Å². The van der Waals surface area contributed by atoms with Crippen molar-refractivity contribution in [1.82, 2.24) is 14.5 Å². The first-order valence-corrected chi connectivity index (χ1v) is 6.30. The summed E-state index contributed by atoms with van der Waals surface area (Å²) in [5, 5.41) is 9.45. The minimum absolute atomic E-state index is 0.102. The van der Waals surface area contributed by atoms with Crippen LogP contribution in [-0.4, -0.2) is 33.1 Å². The first-order valence-electron chi connectivity index (χ1n) is 6.30. The predicted molar refractivity (Wildman–Crippen MR) is 69.7 cm³/mol. The van der Waals surface area contributed by atoms with Crippen LogP contribution in [-0.2, 0) is 0 Å². The number of piperidine rings is 1. The van der Waals surface area contributed by atoms with E-state index >= 15 is 0 Å². The molecule has 1 aromatic carbocycles. The van der Waals surface area contributed by atoms with Crippen LogP contribution in [0.5, 0.6) is 5.75 Å². The predicted octanol–water partition coefficient (Wildman–Crippen LogP) is 1.65. The summed E-state index contributed by atoms with van der Waals surface area (Å²) in [6.45, 7) is 1.02. The molecular formula is C13H17N3O2. The van der Waals surface area contributed by atoms with Crippen LogP contribution in [0.4, 0.5) is 0 Å². The van der Waals surface area contributed by atoms with Gasteiger partial charge in [0, 0.05) is 6.07 Å². The molecule has 2 N–H and O–H groups in total. The zero-order valence-electron chi connectivity index (χ0n) is 10.4. The average Bonchev–Trinajstić information content (AvgIpc) is 2.65. The van der Waals surface area contributed by atoms with Gasteiger partial charge in [-0.15, -0.1) is 0 Å². The Bertz CT molecular complexity index is 629. The number of H-pyrrole nitrogens is 1. The molecule has 0 aliphatic carbocycles. The van der Waals surface area contributed by atoms with Crippen molar-refractivity contribution in [2.24, 2.45) is 0 Å². The third-order valence-electron chi connectivity index (χ3n) is 3.73. The molecule has 0 bridgehead atoms. The molecular weight excluding hydrogens is 230 g/mol. The lowest BCUT2D eigenvalue weighted by Gasteiger charge is -2.33. The molecule has 1 aliphatic rings. The molecule has 1 saturated heterocycles. The van der Waals surface area contributed by atoms with Gasteiger partial charge in [-0.1, -0.05) is 0 Å². The number of hydrogen-bond acceptors (Lipinski definition) is 3. The molecule has 3 rings (SSSR count). The summed E-state index contributed by atoms with van der Waals surface area (Å²) in [6.07, 6.45) is 3.44. The molecule has 2 heterocycles. The Morgan fingerprint density at radius 1 is 1.39 bits per heavy atom. The lowest BCUT2D eigenvalue weighted by molar-refractivity contribution is 0.128. The second-order valence-electron chi connectivity index (χ2n) is 4.96. The summed E-state index contributed by atoms with van der Waals surface area (Å²) in [6, 6.07) is 5.01. The minimum Gasteiger partial charge on any atom is -0.508 e. The molecule has 1 unspecified atom stereocenters. The molecule has 18 heavy (non-hydrogen) atoms. The Balaban J connectivity index is 2.16. The van der Waals surface area contributed by atoms with Gasteiger partial charge in [-0.05, 0) is 45.0 Å². The number of aromatic hydroxyl groups is 1. The highest BCUT2D eigenvalue weighted by Crippen LogP contribution is 2.27. The number of likely N-dealkylation sites (tertiary alicyclic amines) is 1. The summed E-state index contributed by atoms with van der Waals surface area (Å²) in [4.78, 5) is 17.1. The first-order chi connectivity index (χ1) is 8.66. The normalized spacial score (nSPS) is 21.5. The maximum atomic E-state index is 12.1. The largest absolute Gasteiger partial charge is 0.508 e. The van der Waals surface area contributed by atoms with E-state index in [-0.39, 0.29) is 17.6 Å². The number of nitrogens with zero attached hydrogens (tertiary/aromatic N) is 2. The highest BCUT2D eigenvalue weighted by molar-refractivity contribution is 5.77. The van der Waals surface area contributed by atoms with E-state index in [9.17, 15) is 9.90 Å². The Labute approximate surface area is 105 Å². The van der Waals surface area contributed by atoms with E-state index in [0.29, 0.717) is 5.52 Å². The van der Waals surface area contributed by atoms with Crippen molar-refractivity contribution in [2.75, 3.05) is 13.6 Å². The number of benzene rings is 1. The topological polar surface area (TPSA) is 61.3 Å². The number of aromatic nitrogens is 2. The van der Waals surface area contributed by atoms with Crippen LogP contribution in [0.25, 0.3) is 11.0 Å².